The first-order valence-corrected chi connectivity index (χ1v) is 21.8. The van der Waals surface area contributed by atoms with E-state index in [1.807, 2.05) is 11.3 Å². The summed E-state index contributed by atoms with van der Waals surface area (Å²) in [6.07, 6.45) is 1.73. The molecule has 0 aliphatic heterocycles. The van der Waals surface area contributed by atoms with Gasteiger partial charge >= 0.3 is 0 Å². The van der Waals surface area contributed by atoms with Gasteiger partial charge in [-0.05, 0) is 97.1 Å². The summed E-state index contributed by atoms with van der Waals surface area (Å²) in [6.45, 7) is 4.69. The van der Waals surface area contributed by atoms with Crippen LogP contribution in [0.1, 0.15) is 25.0 Å². The zero-order valence-corrected chi connectivity index (χ0v) is 34.2. The molecular formula is C55H36N2S2. The molecule has 4 heteroatoms. The summed E-state index contributed by atoms with van der Waals surface area (Å²) < 4.78 is 5.02. The molecule has 1 aliphatic carbocycles. The summed E-state index contributed by atoms with van der Waals surface area (Å²) in [4.78, 5) is 9.82. The topological polar surface area (TPSA) is 25.8 Å². The Morgan fingerprint density at radius 2 is 0.915 bits per heavy atom. The molecule has 0 bridgehead atoms. The molecule has 0 atom stereocenters. The second-order valence-corrected chi connectivity index (χ2v) is 18.2. The van der Waals surface area contributed by atoms with Crippen LogP contribution in [0, 0.1) is 0 Å². The third kappa shape index (κ3) is 5.37. The molecule has 0 radical (unpaired) electrons. The van der Waals surface area contributed by atoms with Crippen molar-refractivity contribution < 1.29 is 0 Å². The van der Waals surface area contributed by atoms with E-state index in [2.05, 4.69) is 190 Å². The summed E-state index contributed by atoms with van der Waals surface area (Å²) in [6, 6.07) is 64.7. The number of hydrogen-bond donors (Lipinski definition) is 0. The van der Waals surface area contributed by atoms with E-state index in [1.54, 1.807) is 17.7 Å². The molecule has 0 unspecified atom stereocenters. The second-order valence-electron chi connectivity index (χ2n) is 16.1. The summed E-state index contributed by atoms with van der Waals surface area (Å²) in [5.41, 5.74) is 18.2. The molecule has 278 valence electrons. The van der Waals surface area contributed by atoms with Gasteiger partial charge in [-0.15, -0.1) is 22.7 Å². The van der Waals surface area contributed by atoms with Crippen molar-refractivity contribution >= 4 is 63.1 Å². The Balaban J connectivity index is 0.909. The lowest BCUT2D eigenvalue weighted by Gasteiger charge is -2.22. The van der Waals surface area contributed by atoms with Gasteiger partial charge in [0.1, 0.15) is 6.33 Å². The van der Waals surface area contributed by atoms with Gasteiger partial charge in [-0.1, -0.05) is 159 Å². The molecule has 2 nitrogen and oxygen atoms in total. The predicted octanol–water partition coefficient (Wildman–Crippen LogP) is 15.9. The van der Waals surface area contributed by atoms with Crippen molar-refractivity contribution in [3.8, 4) is 66.9 Å². The molecule has 12 rings (SSSR count). The maximum atomic E-state index is 4.94. The Morgan fingerprint density at radius 1 is 0.373 bits per heavy atom. The Morgan fingerprint density at radius 3 is 1.69 bits per heavy atom. The highest BCUT2D eigenvalue weighted by molar-refractivity contribution is 7.27. The van der Waals surface area contributed by atoms with Crippen molar-refractivity contribution in [2.24, 2.45) is 0 Å². The van der Waals surface area contributed by atoms with Crippen molar-refractivity contribution in [2.45, 2.75) is 19.3 Å². The van der Waals surface area contributed by atoms with Crippen LogP contribution < -0.4 is 0 Å². The van der Waals surface area contributed by atoms with Crippen LogP contribution >= 0.6 is 22.7 Å². The van der Waals surface area contributed by atoms with Crippen molar-refractivity contribution in [2.75, 3.05) is 0 Å². The third-order valence-electron chi connectivity index (χ3n) is 12.4. The number of benzene rings is 8. The van der Waals surface area contributed by atoms with E-state index in [0.29, 0.717) is 0 Å². The normalized spacial score (nSPS) is 13.1. The van der Waals surface area contributed by atoms with Gasteiger partial charge in [0.05, 0.1) is 15.9 Å². The fraction of sp³-hybridized carbons (Fsp3) is 0.0545. The molecule has 0 fully saturated rings. The Hall–Kier alpha value is -6.72. The first kappa shape index (κ1) is 34.3. The van der Waals surface area contributed by atoms with Gasteiger partial charge in [0.25, 0.3) is 0 Å². The van der Waals surface area contributed by atoms with Gasteiger partial charge in [0, 0.05) is 41.2 Å². The smallest absolute Gasteiger partial charge is 0.116 e. The highest BCUT2D eigenvalue weighted by Crippen LogP contribution is 2.51. The van der Waals surface area contributed by atoms with Crippen LogP contribution in [0.5, 0.6) is 0 Å². The minimum Gasteiger partial charge on any atom is -0.235 e. The van der Waals surface area contributed by atoms with E-state index in [-0.39, 0.29) is 5.41 Å². The fourth-order valence-electron chi connectivity index (χ4n) is 9.47. The number of hydrogen-bond acceptors (Lipinski definition) is 4. The minimum atomic E-state index is -0.0571. The first-order chi connectivity index (χ1) is 29.0. The number of nitrogens with zero attached hydrogens (tertiary/aromatic N) is 2. The maximum absolute atomic E-state index is 4.94. The second kappa shape index (κ2) is 13.2. The van der Waals surface area contributed by atoms with Crippen LogP contribution in [0.25, 0.3) is 107 Å². The first-order valence-electron chi connectivity index (χ1n) is 20.1. The van der Waals surface area contributed by atoms with Gasteiger partial charge in [-0.3, -0.25) is 0 Å². The standard InChI is InChI=1S/C55H36N2S2/c1-55(2)47-24-5-3-18-42(47)43-27-26-38(31-48(43)55)41-21-11-23-46-51-54(59-53(41)46)50(56-32-57-51)39-17-9-15-36(30-39)34-13-7-12-33(28-34)35-14-8-16-37(29-35)40-20-10-22-45-44-19-4-6-25-49(44)58-52(40)45/h3-32H,1-2H3. The summed E-state index contributed by atoms with van der Waals surface area (Å²) in [5.74, 6) is 0. The Kier molecular flexibility index (Phi) is 7.65. The minimum absolute atomic E-state index is 0.0571. The SMILES string of the molecule is CC1(C)c2ccccc2-c2ccc(-c3cccc4c3sc3c(-c5cccc(-c6cccc(-c7cccc(-c8cccc9c8sc8ccccc89)c7)c6)c5)ncnc34)cc21. The molecule has 3 aromatic heterocycles. The quantitative estimate of drug-likeness (QED) is 0.174. The van der Waals surface area contributed by atoms with Crippen molar-refractivity contribution in [1.82, 2.24) is 9.97 Å². The number of thiophene rings is 2. The highest BCUT2D eigenvalue weighted by atomic mass is 32.1. The molecular weight excluding hydrogens is 753 g/mol. The largest absolute Gasteiger partial charge is 0.235 e. The van der Waals surface area contributed by atoms with Gasteiger partial charge in [-0.25, -0.2) is 9.97 Å². The molecule has 11 aromatic rings. The van der Waals surface area contributed by atoms with Gasteiger partial charge in [0.2, 0.25) is 0 Å². The van der Waals surface area contributed by atoms with Crippen LogP contribution in [-0.4, -0.2) is 9.97 Å². The van der Waals surface area contributed by atoms with Crippen LogP contribution in [0.4, 0.5) is 0 Å². The van der Waals surface area contributed by atoms with E-state index < -0.39 is 0 Å². The number of aromatic nitrogens is 2. The predicted molar refractivity (Wildman–Crippen MR) is 253 cm³/mol. The van der Waals surface area contributed by atoms with Crippen molar-refractivity contribution in [3.05, 3.63) is 193 Å². The number of rotatable bonds is 5. The third-order valence-corrected chi connectivity index (χ3v) is 14.9. The summed E-state index contributed by atoms with van der Waals surface area (Å²) >= 11 is 3.68. The van der Waals surface area contributed by atoms with E-state index >= 15 is 0 Å². The fourth-order valence-corrected chi connectivity index (χ4v) is 12.0. The molecule has 8 aromatic carbocycles. The Bertz CT molecular complexity index is 3490. The molecule has 0 N–H and O–H groups in total. The lowest BCUT2D eigenvalue weighted by atomic mass is 9.81. The van der Waals surface area contributed by atoms with E-state index in [9.17, 15) is 0 Å². The Labute approximate surface area is 350 Å². The van der Waals surface area contributed by atoms with E-state index in [4.69, 9.17) is 9.97 Å². The van der Waals surface area contributed by atoms with E-state index in [0.717, 1.165) is 27.0 Å². The van der Waals surface area contributed by atoms with E-state index in [1.165, 1.54) is 91.5 Å². The molecule has 0 amide bonds. The molecule has 59 heavy (non-hydrogen) atoms. The zero-order valence-electron chi connectivity index (χ0n) is 32.5. The van der Waals surface area contributed by atoms with Crippen LogP contribution in [0.15, 0.2) is 182 Å². The molecule has 1 aliphatic rings. The average molecular weight is 789 g/mol. The van der Waals surface area contributed by atoms with Crippen molar-refractivity contribution in [1.29, 1.82) is 0 Å². The molecule has 0 saturated heterocycles. The maximum Gasteiger partial charge on any atom is 0.116 e. The van der Waals surface area contributed by atoms with Gasteiger partial charge < -0.3 is 0 Å². The van der Waals surface area contributed by atoms with Crippen LogP contribution in [0.2, 0.25) is 0 Å². The lowest BCUT2D eigenvalue weighted by molar-refractivity contribution is 0.660. The summed E-state index contributed by atoms with van der Waals surface area (Å²) in [5, 5.41) is 3.82. The zero-order chi connectivity index (χ0) is 39.2. The lowest BCUT2D eigenvalue weighted by Crippen LogP contribution is -2.14. The van der Waals surface area contributed by atoms with Gasteiger partial charge in [0.15, 0.2) is 0 Å². The highest BCUT2D eigenvalue weighted by Gasteiger charge is 2.35. The van der Waals surface area contributed by atoms with Crippen molar-refractivity contribution in [3.63, 3.8) is 0 Å². The molecule has 0 saturated carbocycles. The number of fused-ring (bicyclic) bond motifs is 9. The molecule has 0 spiro atoms. The van der Waals surface area contributed by atoms with Crippen LogP contribution in [0.3, 0.4) is 0 Å². The van der Waals surface area contributed by atoms with Crippen LogP contribution in [-0.2, 0) is 5.41 Å². The average Bonchev–Trinajstić information content (AvgIpc) is 3.94. The molecule has 3 heterocycles. The summed E-state index contributed by atoms with van der Waals surface area (Å²) in [7, 11) is 0. The monoisotopic (exact) mass is 788 g/mol. The van der Waals surface area contributed by atoms with Gasteiger partial charge in [-0.2, -0.15) is 0 Å².